The fourth-order valence-corrected chi connectivity index (χ4v) is 2.62. The van der Waals surface area contributed by atoms with E-state index in [9.17, 15) is 0 Å². The van der Waals surface area contributed by atoms with Crippen molar-refractivity contribution >= 4 is 29.0 Å². The van der Waals surface area contributed by atoms with Crippen LogP contribution in [0.4, 0.5) is 0 Å². The maximum atomic E-state index is 5.78. The van der Waals surface area contributed by atoms with Gasteiger partial charge in [-0.3, -0.25) is 0 Å². The molecule has 0 fully saturated rings. The van der Waals surface area contributed by atoms with E-state index in [0.29, 0.717) is 24.8 Å². The summed E-state index contributed by atoms with van der Waals surface area (Å²) in [5.74, 6) is 1.71. The molecule has 1 aromatic carbocycles. The second-order valence-electron chi connectivity index (χ2n) is 3.47. The van der Waals surface area contributed by atoms with Gasteiger partial charge in [0.25, 0.3) is 0 Å². The molecule has 0 heterocycles. The van der Waals surface area contributed by atoms with E-state index < -0.39 is 0 Å². The zero-order chi connectivity index (χ0) is 13.4. The highest BCUT2D eigenvalue weighted by Crippen LogP contribution is 2.30. The van der Waals surface area contributed by atoms with Crippen LogP contribution in [0, 0.1) is 0 Å². The van der Waals surface area contributed by atoms with E-state index >= 15 is 0 Å². The molecule has 0 amide bonds. The highest BCUT2D eigenvalue weighted by molar-refractivity contribution is 7.99. The van der Waals surface area contributed by atoms with Gasteiger partial charge in [0.1, 0.15) is 17.3 Å². The molecule has 0 unspecified atom stereocenters. The molecule has 2 N–H and O–H groups in total. The Bertz CT molecular complexity index is 397. The van der Waals surface area contributed by atoms with E-state index in [2.05, 4.69) is 6.92 Å². The Morgan fingerprint density at radius 1 is 1.33 bits per heavy atom. The van der Waals surface area contributed by atoms with Crippen LogP contribution in [-0.4, -0.2) is 30.6 Å². The van der Waals surface area contributed by atoms with Crippen molar-refractivity contribution in [3.05, 3.63) is 23.8 Å². The van der Waals surface area contributed by atoms with Gasteiger partial charge >= 0.3 is 0 Å². The molecule has 0 aliphatic carbocycles. The van der Waals surface area contributed by atoms with E-state index in [1.807, 2.05) is 25.1 Å². The van der Waals surface area contributed by atoms with Crippen molar-refractivity contribution < 1.29 is 9.47 Å². The molecule has 0 aliphatic heterocycles. The fraction of sp³-hybridized carbons (Fsp3) is 0.462. The number of benzene rings is 1. The lowest BCUT2D eigenvalue weighted by Gasteiger charge is -2.14. The third-order valence-electron chi connectivity index (χ3n) is 2.22. The molecule has 5 heteroatoms. The van der Waals surface area contributed by atoms with E-state index in [-0.39, 0.29) is 0 Å². The van der Waals surface area contributed by atoms with Crippen molar-refractivity contribution in [2.24, 2.45) is 5.73 Å². The number of thiocarbonyl (C=S) groups is 1. The van der Waals surface area contributed by atoms with Crippen molar-refractivity contribution in [1.29, 1.82) is 0 Å². The normalized spacial score (nSPS) is 10.3. The highest BCUT2D eigenvalue weighted by atomic mass is 32.2. The lowest BCUT2D eigenvalue weighted by atomic mass is 10.2. The predicted octanol–water partition coefficient (Wildman–Crippen LogP) is 2.85. The minimum absolute atomic E-state index is 0.373. The van der Waals surface area contributed by atoms with Gasteiger partial charge in [-0.05, 0) is 24.8 Å². The molecule has 0 bridgehead atoms. The zero-order valence-electron chi connectivity index (χ0n) is 10.8. The Labute approximate surface area is 118 Å². The largest absolute Gasteiger partial charge is 0.490 e. The van der Waals surface area contributed by atoms with Crippen molar-refractivity contribution in [2.75, 3.05) is 25.6 Å². The first-order valence-corrected chi connectivity index (χ1v) is 7.36. The van der Waals surface area contributed by atoms with Gasteiger partial charge in [-0.1, -0.05) is 25.2 Å². The van der Waals surface area contributed by atoms with Crippen molar-refractivity contribution in [1.82, 2.24) is 0 Å². The van der Waals surface area contributed by atoms with Crippen LogP contribution < -0.4 is 10.5 Å². The van der Waals surface area contributed by atoms with E-state index in [4.69, 9.17) is 27.4 Å². The SMILES string of the molecule is CCOCCOc1cccc(SCC)c1C(N)=S. The van der Waals surface area contributed by atoms with Crippen LogP contribution in [0.25, 0.3) is 0 Å². The third kappa shape index (κ3) is 4.48. The molecule has 0 saturated heterocycles. The molecule has 3 nitrogen and oxygen atoms in total. The van der Waals surface area contributed by atoms with Crippen LogP contribution in [0.1, 0.15) is 19.4 Å². The monoisotopic (exact) mass is 285 g/mol. The van der Waals surface area contributed by atoms with Gasteiger partial charge in [-0.15, -0.1) is 11.8 Å². The third-order valence-corrected chi connectivity index (χ3v) is 3.37. The molecule has 100 valence electrons. The van der Waals surface area contributed by atoms with Crippen LogP contribution in [-0.2, 0) is 4.74 Å². The summed E-state index contributed by atoms with van der Waals surface area (Å²) in [5, 5.41) is 0. The topological polar surface area (TPSA) is 44.5 Å². The molecule has 1 aromatic rings. The quantitative estimate of drug-likeness (QED) is 0.452. The minimum atomic E-state index is 0.373. The van der Waals surface area contributed by atoms with Gasteiger partial charge in [0.15, 0.2) is 0 Å². The number of thioether (sulfide) groups is 1. The summed E-state index contributed by atoms with van der Waals surface area (Å²) in [7, 11) is 0. The summed E-state index contributed by atoms with van der Waals surface area (Å²) in [5.41, 5.74) is 6.61. The van der Waals surface area contributed by atoms with Gasteiger partial charge < -0.3 is 15.2 Å². The fourth-order valence-electron chi connectivity index (χ4n) is 1.50. The molecule has 1 rings (SSSR count). The number of ether oxygens (including phenoxy) is 2. The number of hydrogen-bond acceptors (Lipinski definition) is 4. The number of rotatable bonds is 8. The number of hydrogen-bond donors (Lipinski definition) is 1. The Hall–Kier alpha value is -0.780. The maximum Gasteiger partial charge on any atom is 0.130 e. The first kappa shape index (κ1) is 15.3. The first-order chi connectivity index (χ1) is 8.70. The average Bonchev–Trinajstić information content (AvgIpc) is 2.35. The number of nitrogens with two attached hydrogens (primary N) is 1. The minimum Gasteiger partial charge on any atom is -0.490 e. The standard InChI is InChI=1S/C13H19NO2S2/c1-3-15-8-9-16-10-6-5-7-11(18-4-2)12(10)13(14)17/h5-7H,3-4,8-9H2,1-2H3,(H2,14,17). The van der Waals surface area contributed by atoms with Crippen LogP contribution >= 0.6 is 24.0 Å². The molecule has 0 spiro atoms. The van der Waals surface area contributed by atoms with Gasteiger partial charge in [0.05, 0.1) is 12.2 Å². The second-order valence-corrected chi connectivity index (χ2v) is 5.22. The molecule has 0 atom stereocenters. The van der Waals surface area contributed by atoms with Crippen LogP contribution in [0.3, 0.4) is 0 Å². The van der Waals surface area contributed by atoms with Crippen molar-refractivity contribution in [3.8, 4) is 5.75 Å². The highest BCUT2D eigenvalue weighted by Gasteiger charge is 2.12. The predicted molar refractivity (Wildman–Crippen MR) is 80.7 cm³/mol. The summed E-state index contributed by atoms with van der Waals surface area (Å²) in [6.45, 7) is 5.81. The molecular weight excluding hydrogens is 266 g/mol. The molecule has 0 aromatic heterocycles. The molecular formula is C13H19NO2S2. The van der Waals surface area contributed by atoms with Gasteiger partial charge in [0.2, 0.25) is 0 Å². The summed E-state index contributed by atoms with van der Waals surface area (Å²) in [4.78, 5) is 1.44. The second kappa shape index (κ2) is 8.34. The smallest absolute Gasteiger partial charge is 0.130 e. The van der Waals surface area contributed by atoms with Gasteiger partial charge in [-0.2, -0.15) is 0 Å². The molecule has 0 saturated carbocycles. The summed E-state index contributed by atoms with van der Waals surface area (Å²) in [6, 6.07) is 5.86. The Kier molecular flexibility index (Phi) is 7.08. The van der Waals surface area contributed by atoms with Crippen LogP contribution in [0.2, 0.25) is 0 Å². The maximum absolute atomic E-state index is 5.78. The van der Waals surface area contributed by atoms with Crippen molar-refractivity contribution in [3.63, 3.8) is 0 Å². The summed E-state index contributed by atoms with van der Waals surface area (Å²) >= 11 is 6.82. The van der Waals surface area contributed by atoms with Gasteiger partial charge in [-0.25, -0.2) is 0 Å². The Balaban J connectivity index is 2.82. The Morgan fingerprint density at radius 2 is 2.11 bits per heavy atom. The van der Waals surface area contributed by atoms with E-state index in [0.717, 1.165) is 22.0 Å². The first-order valence-electron chi connectivity index (χ1n) is 5.96. The molecule has 0 radical (unpaired) electrons. The Morgan fingerprint density at radius 3 is 2.72 bits per heavy atom. The van der Waals surface area contributed by atoms with E-state index in [1.165, 1.54) is 0 Å². The zero-order valence-corrected chi connectivity index (χ0v) is 12.4. The van der Waals surface area contributed by atoms with E-state index in [1.54, 1.807) is 11.8 Å². The lowest BCUT2D eigenvalue weighted by Crippen LogP contribution is -2.15. The van der Waals surface area contributed by atoms with Crippen molar-refractivity contribution in [2.45, 2.75) is 18.7 Å². The lowest BCUT2D eigenvalue weighted by molar-refractivity contribution is 0.110. The summed E-state index contributed by atoms with van der Waals surface area (Å²) in [6.07, 6.45) is 0. The average molecular weight is 285 g/mol. The molecule has 0 aliphatic rings. The summed E-state index contributed by atoms with van der Waals surface area (Å²) < 4.78 is 10.9. The van der Waals surface area contributed by atoms with Crippen LogP contribution in [0.5, 0.6) is 5.75 Å². The van der Waals surface area contributed by atoms with Crippen LogP contribution in [0.15, 0.2) is 23.1 Å². The van der Waals surface area contributed by atoms with Gasteiger partial charge in [0, 0.05) is 11.5 Å². The molecule has 18 heavy (non-hydrogen) atoms.